The molecular weight excluding hydrogens is 168 g/mol. The van der Waals surface area contributed by atoms with E-state index in [0.717, 1.165) is 23.7 Å². The number of rotatable bonds is 0. The van der Waals surface area contributed by atoms with E-state index < -0.39 is 0 Å². The third-order valence-electron chi connectivity index (χ3n) is 5.27. The molecule has 3 rings (SSSR count). The first-order valence-corrected chi connectivity index (χ1v) is 6.90. The molecule has 0 heterocycles. The molecule has 0 aromatic heterocycles. The molecule has 0 aliphatic heterocycles. The average Bonchev–Trinajstić information content (AvgIpc) is 2.78. The van der Waals surface area contributed by atoms with Gasteiger partial charge in [-0.1, -0.05) is 51.4 Å². The molecule has 0 nitrogen and oxygen atoms in total. The van der Waals surface area contributed by atoms with Gasteiger partial charge in [-0.2, -0.15) is 0 Å². The Morgan fingerprint density at radius 1 is 0.357 bits per heavy atom. The summed E-state index contributed by atoms with van der Waals surface area (Å²) in [4.78, 5) is 0. The van der Waals surface area contributed by atoms with Gasteiger partial charge in [0.05, 0.1) is 0 Å². The van der Waals surface area contributed by atoms with Gasteiger partial charge in [-0.05, 0) is 36.5 Å². The second kappa shape index (κ2) is 3.87. The molecule has 0 N–H and O–H groups in total. The molecule has 0 amide bonds. The molecule has 0 radical (unpaired) electrons. The van der Waals surface area contributed by atoms with Gasteiger partial charge in [0.25, 0.3) is 0 Å². The van der Waals surface area contributed by atoms with Gasteiger partial charge in [-0.25, -0.2) is 0 Å². The minimum absolute atomic E-state index is 1.14. The van der Waals surface area contributed by atoms with Gasteiger partial charge >= 0.3 is 0 Å². The SMILES string of the molecule is C1CC2CCC3CCC(CCC1C2)C3. The fourth-order valence-electron chi connectivity index (χ4n) is 4.35. The maximum Gasteiger partial charge on any atom is -0.0411 e. The Hall–Kier alpha value is 0. The van der Waals surface area contributed by atoms with E-state index in [1.807, 2.05) is 0 Å². The predicted molar refractivity (Wildman–Crippen MR) is 60.1 cm³/mol. The highest BCUT2D eigenvalue weighted by atomic mass is 14.4. The summed E-state index contributed by atoms with van der Waals surface area (Å²) in [5.41, 5.74) is 0. The summed E-state index contributed by atoms with van der Waals surface area (Å²) in [7, 11) is 0. The predicted octanol–water partition coefficient (Wildman–Crippen LogP) is 4.39. The molecular formula is C14H24. The zero-order valence-electron chi connectivity index (χ0n) is 9.38. The maximum atomic E-state index is 1.60. The van der Waals surface area contributed by atoms with Gasteiger partial charge in [0.15, 0.2) is 0 Å². The largest absolute Gasteiger partial charge is 0.0502 e. The Bertz CT molecular complexity index is 154. The second-order valence-electron chi connectivity index (χ2n) is 6.24. The summed E-state index contributed by atoms with van der Waals surface area (Å²) >= 11 is 0. The first kappa shape index (κ1) is 9.24. The quantitative estimate of drug-likeness (QED) is 0.534. The number of hydrogen-bond donors (Lipinski definition) is 0. The summed E-state index contributed by atoms with van der Waals surface area (Å²) in [6.45, 7) is 0. The van der Waals surface area contributed by atoms with Crippen LogP contribution in [0.4, 0.5) is 0 Å². The van der Waals surface area contributed by atoms with Gasteiger partial charge in [-0.15, -0.1) is 0 Å². The third kappa shape index (κ3) is 1.85. The van der Waals surface area contributed by atoms with Crippen molar-refractivity contribution in [1.29, 1.82) is 0 Å². The lowest BCUT2D eigenvalue weighted by Gasteiger charge is -2.18. The van der Waals surface area contributed by atoms with Crippen LogP contribution < -0.4 is 0 Å². The topological polar surface area (TPSA) is 0 Å². The molecule has 0 aromatic carbocycles. The minimum Gasteiger partial charge on any atom is -0.0502 e. The van der Waals surface area contributed by atoms with Crippen LogP contribution in [0.15, 0.2) is 0 Å². The van der Waals surface area contributed by atoms with Crippen molar-refractivity contribution in [3.8, 4) is 0 Å². The van der Waals surface area contributed by atoms with Crippen LogP contribution in [0.1, 0.15) is 64.2 Å². The first-order valence-electron chi connectivity index (χ1n) is 6.90. The van der Waals surface area contributed by atoms with Crippen molar-refractivity contribution in [3.63, 3.8) is 0 Å². The smallest absolute Gasteiger partial charge is 0.0411 e. The molecule has 3 fully saturated rings. The maximum absolute atomic E-state index is 1.60. The molecule has 14 heavy (non-hydrogen) atoms. The lowest BCUT2D eigenvalue weighted by molar-refractivity contribution is 0.338. The fourth-order valence-corrected chi connectivity index (χ4v) is 4.35. The molecule has 0 heteroatoms. The molecule has 3 aliphatic rings. The number of hydrogen-bond acceptors (Lipinski definition) is 0. The summed E-state index contributed by atoms with van der Waals surface area (Å²) < 4.78 is 0. The first-order chi connectivity index (χ1) is 6.90. The van der Waals surface area contributed by atoms with Crippen molar-refractivity contribution in [2.24, 2.45) is 23.7 Å². The van der Waals surface area contributed by atoms with Crippen LogP contribution in [0.5, 0.6) is 0 Å². The Balaban J connectivity index is 1.66. The van der Waals surface area contributed by atoms with Crippen molar-refractivity contribution >= 4 is 0 Å². The van der Waals surface area contributed by atoms with Crippen LogP contribution in [0.2, 0.25) is 0 Å². The lowest BCUT2D eigenvalue weighted by Crippen LogP contribution is -2.05. The normalized spacial score (nSPS) is 48.0. The standard InChI is InChI=1S/C14H24/c1-2-12-7-8-14-4-3-13(10-14)6-5-11(1)9-12/h11-14H,1-10H2. The van der Waals surface area contributed by atoms with Crippen molar-refractivity contribution in [2.45, 2.75) is 64.2 Å². The van der Waals surface area contributed by atoms with Gasteiger partial charge in [0.1, 0.15) is 0 Å². The van der Waals surface area contributed by atoms with Crippen molar-refractivity contribution < 1.29 is 0 Å². The van der Waals surface area contributed by atoms with E-state index in [1.54, 1.807) is 64.2 Å². The fraction of sp³-hybridized carbons (Fsp3) is 1.00. The second-order valence-corrected chi connectivity index (χ2v) is 6.24. The summed E-state index contributed by atoms with van der Waals surface area (Å²) in [6, 6.07) is 0. The zero-order valence-corrected chi connectivity index (χ0v) is 9.38. The van der Waals surface area contributed by atoms with Crippen LogP contribution >= 0.6 is 0 Å². The van der Waals surface area contributed by atoms with E-state index in [2.05, 4.69) is 0 Å². The third-order valence-corrected chi connectivity index (χ3v) is 5.27. The van der Waals surface area contributed by atoms with Crippen LogP contribution in [-0.4, -0.2) is 0 Å². The zero-order chi connectivity index (χ0) is 9.38. The molecule has 0 aromatic rings. The highest BCUT2D eigenvalue weighted by Gasteiger charge is 2.31. The highest BCUT2D eigenvalue weighted by molar-refractivity contribution is 4.83. The minimum atomic E-state index is 1.14. The molecule has 0 saturated heterocycles. The van der Waals surface area contributed by atoms with Gasteiger partial charge in [0.2, 0.25) is 0 Å². The molecule has 4 bridgehead atoms. The molecule has 0 atom stereocenters. The summed E-state index contributed by atoms with van der Waals surface area (Å²) in [5.74, 6) is 4.54. The van der Waals surface area contributed by atoms with E-state index in [0.29, 0.717) is 0 Å². The molecule has 3 aliphatic carbocycles. The van der Waals surface area contributed by atoms with E-state index >= 15 is 0 Å². The van der Waals surface area contributed by atoms with E-state index in [9.17, 15) is 0 Å². The average molecular weight is 192 g/mol. The van der Waals surface area contributed by atoms with Gasteiger partial charge in [0, 0.05) is 0 Å². The highest BCUT2D eigenvalue weighted by Crippen LogP contribution is 2.44. The molecule has 0 spiro atoms. The Labute approximate surface area is 88.5 Å². The lowest BCUT2D eigenvalue weighted by atomic mass is 9.88. The van der Waals surface area contributed by atoms with E-state index in [4.69, 9.17) is 0 Å². The van der Waals surface area contributed by atoms with Crippen LogP contribution in [0, 0.1) is 23.7 Å². The summed E-state index contributed by atoms with van der Waals surface area (Å²) in [6.07, 6.45) is 15.8. The number of fused-ring (bicyclic) bond motifs is 4. The Morgan fingerprint density at radius 3 is 0.786 bits per heavy atom. The van der Waals surface area contributed by atoms with Gasteiger partial charge < -0.3 is 0 Å². The van der Waals surface area contributed by atoms with Crippen LogP contribution in [-0.2, 0) is 0 Å². The van der Waals surface area contributed by atoms with Crippen LogP contribution in [0.25, 0.3) is 0 Å². The van der Waals surface area contributed by atoms with Crippen molar-refractivity contribution in [1.82, 2.24) is 0 Å². The monoisotopic (exact) mass is 192 g/mol. The van der Waals surface area contributed by atoms with E-state index in [1.165, 1.54) is 0 Å². The molecule has 0 unspecified atom stereocenters. The molecule has 3 saturated carbocycles. The van der Waals surface area contributed by atoms with Gasteiger partial charge in [-0.3, -0.25) is 0 Å². The van der Waals surface area contributed by atoms with Crippen molar-refractivity contribution in [3.05, 3.63) is 0 Å². The molecule has 80 valence electrons. The Kier molecular flexibility index (Phi) is 2.55. The summed E-state index contributed by atoms with van der Waals surface area (Å²) in [5, 5.41) is 0. The van der Waals surface area contributed by atoms with Crippen molar-refractivity contribution in [2.75, 3.05) is 0 Å². The van der Waals surface area contributed by atoms with Crippen LogP contribution in [0.3, 0.4) is 0 Å². The Morgan fingerprint density at radius 2 is 0.571 bits per heavy atom. The van der Waals surface area contributed by atoms with E-state index in [-0.39, 0.29) is 0 Å².